The zero-order valence-electron chi connectivity index (χ0n) is 9.11. The van der Waals surface area contributed by atoms with Crippen molar-refractivity contribution in [3.8, 4) is 0 Å². The SMILES string of the molecule is CN(CC1CC1)c1cc(Br)cc(C(=O)O)c1. The molecule has 3 nitrogen and oxygen atoms in total. The van der Waals surface area contributed by atoms with E-state index in [0.717, 1.165) is 22.6 Å². The van der Waals surface area contributed by atoms with E-state index < -0.39 is 5.97 Å². The maximum absolute atomic E-state index is 10.9. The fourth-order valence-electron chi connectivity index (χ4n) is 1.71. The van der Waals surface area contributed by atoms with Crippen molar-refractivity contribution < 1.29 is 9.90 Å². The Morgan fingerprint density at radius 2 is 2.19 bits per heavy atom. The Hall–Kier alpha value is -1.03. The molecule has 1 fully saturated rings. The number of carboxylic acids is 1. The molecule has 1 saturated carbocycles. The third-order valence-corrected chi connectivity index (χ3v) is 3.26. The van der Waals surface area contributed by atoms with Crippen LogP contribution in [0.3, 0.4) is 0 Å². The summed E-state index contributed by atoms with van der Waals surface area (Å²) < 4.78 is 0.810. The average molecular weight is 284 g/mol. The van der Waals surface area contributed by atoms with Crippen LogP contribution < -0.4 is 4.90 Å². The minimum Gasteiger partial charge on any atom is -0.478 e. The lowest BCUT2D eigenvalue weighted by Gasteiger charge is -2.19. The standard InChI is InChI=1S/C12H14BrNO2/c1-14(7-8-2-3-8)11-5-9(12(15)16)4-10(13)6-11/h4-6,8H,2-3,7H2,1H3,(H,15,16). The van der Waals surface area contributed by atoms with Crippen LogP contribution in [0.1, 0.15) is 23.2 Å². The first kappa shape index (κ1) is 11.5. The summed E-state index contributed by atoms with van der Waals surface area (Å²) in [5.41, 5.74) is 1.28. The molecule has 1 N–H and O–H groups in total. The number of nitrogens with zero attached hydrogens (tertiary/aromatic N) is 1. The van der Waals surface area contributed by atoms with Gasteiger partial charge in [0, 0.05) is 23.8 Å². The Kier molecular flexibility index (Phi) is 3.19. The first-order valence-electron chi connectivity index (χ1n) is 5.31. The van der Waals surface area contributed by atoms with Crippen LogP contribution in [0.15, 0.2) is 22.7 Å². The molecule has 0 amide bonds. The number of carbonyl (C=O) groups is 1. The van der Waals surface area contributed by atoms with Crippen molar-refractivity contribution in [2.24, 2.45) is 5.92 Å². The summed E-state index contributed by atoms with van der Waals surface area (Å²) in [5.74, 6) is -0.0976. The normalized spacial score (nSPS) is 14.9. The number of halogens is 1. The molecule has 1 aliphatic rings. The van der Waals surface area contributed by atoms with Gasteiger partial charge in [-0.05, 0) is 37.0 Å². The van der Waals surface area contributed by atoms with Gasteiger partial charge in [0.1, 0.15) is 0 Å². The summed E-state index contributed by atoms with van der Waals surface area (Å²) in [5, 5.41) is 8.97. The molecular weight excluding hydrogens is 270 g/mol. The van der Waals surface area contributed by atoms with E-state index in [1.54, 1.807) is 12.1 Å². The molecule has 0 bridgehead atoms. The quantitative estimate of drug-likeness (QED) is 0.924. The molecule has 1 aliphatic carbocycles. The Morgan fingerprint density at radius 3 is 2.75 bits per heavy atom. The Labute approximate surface area is 103 Å². The van der Waals surface area contributed by atoms with E-state index in [9.17, 15) is 4.79 Å². The molecular formula is C12H14BrNO2. The molecule has 1 aromatic rings. The third-order valence-electron chi connectivity index (χ3n) is 2.80. The zero-order chi connectivity index (χ0) is 11.7. The number of anilines is 1. The van der Waals surface area contributed by atoms with Gasteiger partial charge in [-0.1, -0.05) is 15.9 Å². The van der Waals surface area contributed by atoms with Crippen LogP contribution >= 0.6 is 15.9 Å². The first-order valence-corrected chi connectivity index (χ1v) is 6.10. The monoisotopic (exact) mass is 283 g/mol. The largest absolute Gasteiger partial charge is 0.478 e. The number of aromatic carboxylic acids is 1. The molecule has 2 rings (SSSR count). The minimum atomic E-state index is -0.887. The maximum atomic E-state index is 10.9. The van der Waals surface area contributed by atoms with Crippen molar-refractivity contribution in [2.45, 2.75) is 12.8 Å². The molecule has 0 radical (unpaired) electrons. The maximum Gasteiger partial charge on any atom is 0.335 e. The van der Waals surface area contributed by atoms with E-state index >= 15 is 0 Å². The summed E-state index contributed by atoms with van der Waals surface area (Å²) in [7, 11) is 2.01. The second-order valence-electron chi connectivity index (χ2n) is 4.33. The van der Waals surface area contributed by atoms with Gasteiger partial charge in [-0.3, -0.25) is 0 Å². The smallest absolute Gasteiger partial charge is 0.335 e. The van der Waals surface area contributed by atoms with E-state index in [1.165, 1.54) is 12.8 Å². The fourth-order valence-corrected chi connectivity index (χ4v) is 2.19. The van der Waals surface area contributed by atoms with Gasteiger partial charge in [-0.25, -0.2) is 4.79 Å². The predicted molar refractivity (Wildman–Crippen MR) is 67.1 cm³/mol. The zero-order valence-corrected chi connectivity index (χ0v) is 10.7. The van der Waals surface area contributed by atoms with E-state index in [-0.39, 0.29) is 0 Å². The van der Waals surface area contributed by atoms with Crippen LogP contribution in [0.2, 0.25) is 0 Å². The minimum absolute atomic E-state index is 0.326. The number of carboxylic acid groups (broad SMARTS) is 1. The van der Waals surface area contributed by atoms with Crippen LogP contribution in [0.25, 0.3) is 0 Å². The van der Waals surface area contributed by atoms with Crippen LogP contribution in [0, 0.1) is 5.92 Å². The van der Waals surface area contributed by atoms with Crippen molar-refractivity contribution in [3.05, 3.63) is 28.2 Å². The van der Waals surface area contributed by atoms with Gasteiger partial charge in [-0.15, -0.1) is 0 Å². The molecule has 0 heterocycles. The van der Waals surface area contributed by atoms with Crippen molar-refractivity contribution >= 4 is 27.6 Å². The van der Waals surface area contributed by atoms with Gasteiger partial charge in [0.2, 0.25) is 0 Å². The van der Waals surface area contributed by atoms with Crippen molar-refractivity contribution in [1.82, 2.24) is 0 Å². The summed E-state index contributed by atoms with van der Waals surface area (Å²) in [6, 6.07) is 5.29. The van der Waals surface area contributed by atoms with E-state index in [2.05, 4.69) is 20.8 Å². The van der Waals surface area contributed by atoms with Gasteiger partial charge in [0.15, 0.2) is 0 Å². The predicted octanol–water partition coefficient (Wildman–Crippen LogP) is 2.99. The van der Waals surface area contributed by atoms with Crippen molar-refractivity contribution in [1.29, 1.82) is 0 Å². The average Bonchev–Trinajstić information content (AvgIpc) is 3.00. The summed E-state index contributed by atoms with van der Waals surface area (Å²) in [4.78, 5) is 13.0. The number of benzene rings is 1. The molecule has 0 unspecified atom stereocenters. The highest BCUT2D eigenvalue weighted by Crippen LogP contribution is 2.31. The molecule has 0 aromatic heterocycles. The second kappa shape index (κ2) is 4.45. The molecule has 0 spiro atoms. The number of rotatable bonds is 4. The van der Waals surface area contributed by atoms with Crippen molar-refractivity contribution in [2.75, 3.05) is 18.5 Å². The van der Waals surface area contributed by atoms with E-state index in [0.29, 0.717) is 5.56 Å². The molecule has 0 atom stereocenters. The number of hydrogen-bond donors (Lipinski definition) is 1. The van der Waals surface area contributed by atoms with E-state index in [4.69, 9.17) is 5.11 Å². The Bertz CT molecular complexity index is 415. The van der Waals surface area contributed by atoms with Gasteiger partial charge in [0.25, 0.3) is 0 Å². The lowest BCUT2D eigenvalue weighted by molar-refractivity contribution is 0.0697. The molecule has 1 aromatic carbocycles. The number of hydrogen-bond acceptors (Lipinski definition) is 2. The second-order valence-corrected chi connectivity index (χ2v) is 5.24. The molecule has 86 valence electrons. The molecule has 0 aliphatic heterocycles. The van der Waals surface area contributed by atoms with Gasteiger partial charge in [-0.2, -0.15) is 0 Å². The highest BCUT2D eigenvalue weighted by Gasteiger charge is 2.23. The van der Waals surface area contributed by atoms with Gasteiger partial charge < -0.3 is 10.0 Å². The molecule has 4 heteroatoms. The molecule has 0 saturated heterocycles. The van der Waals surface area contributed by atoms with Crippen molar-refractivity contribution in [3.63, 3.8) is 0 Å². The van der Waals surface area contributed by atoms with Gasteiger partial charge >= 0.3 is 5.97 Å². The third kappa shape index (κ3) is 2.76. The highest BCUT2D eigenvalue weighted by atomic mass is 79.9. The summed E-state index contributed by atoms with van der Waals surface area (Å²) in [6.07, 6.45) is 2.59. The summed E-state index contributed by atoms with van der Waals surface area (Å²) in [6.45, 7) is 1.01. The lowest BCUT2D eigenvalue weighted by Crippen LogP contribution is -2.20. The van der Waals surface area contributed by atoms with E-state index in [1.807, 2.05) is 13.1 Å². The van der Waals surface area contributed by atoms with Crippen LogP contribution in [-0.4, -0.2) is 24.7 Å². The van der Waals surface area contributed by atoms with Gasteiger partial charge in [0.05, 0.1) is 5.56 Å². The fraction of sp³-hybridized carbons (Fsp3) is 0.417. The van der Waals surface area contributed by atoms with Crippen LogP contribution in [0.5, 0.6) is 0 Å². The highest BCUT2D eigenvalue weighted by molar-refractivity contribution is 9.10. The van der Waals surface area contributed by atoms with Crippen LogP contribution in [0.4, 0.5) is 5.69 Å². The topological polar surface area (TPSA) is 40.5 Å². The molecule has 16 heavy (non-hydrogen) atoms. The summed E-state index contributed by atoms with van der Waals surface area (Å²) >= 11 is 3.34. The lowest BCUT2D eigenvalue weighted by atomic mass is 10.2. The van der Waals surface area contributed by atoms with Crippen LogP contribution in [-0.2, 0) is 0 Å². The Morgan fingerprint density at radius 1 is 1.50 bits per heavy atom. The first-order chi connectivity index (χ1) is 7.56. The Balaban J connectivity index is 2.21.